The summed E-state index contributed by atoms with van der Waals surface area (Å²) in [5, 5.41) is 9.09. The van der Waals surface area contributed by atoms with Gasteiger partial charge in [-0.3, -0.25) is 4.79 Å². The minimum atomic E-state index is -3.94. The summed E-state index contributed by atoms with van der Waals surface area (Å²) in [5.41, 5.74) is 1.59. The van der Waals surface area contributed by atoms with Crippen LogP contribution >= 0.6 is 0 Å². The van der Waals surface area contributed by atoms with Crippen LogP contribution in [0.4, 0.5) is 0 Å². The molecular weight excluding hydrogens is 408 g/mol. The second-order valence-corrected chi connectivity index (χ2v) is 8.37. The molecule has 5 nitrogen and oxygen atoms in total. The SMILES string of the molecule is C=C/C=C(/C(=O)c1ccccc1)C(NS(=O)(=O)c1ccccc1)c1ccc(C#N)cc1. The van der Waals surface area contributed by atoms with E-state index in [-0.39, 0.29) is 16.3 Å². The normalized spacial score (nSPS) is 12.5. The van der Waals surface area contributed by atoms with Crippen molar-refractivity contribution in [3.63, 3.8) is 0 Å². The van der Waals surface area contributed by atoms with Crippen LogP contribution in [-0.4, -0.2) is 14.2 Å². The number of carbonyl (C=O) groups excluding carboxylic acids is 1. The fourth-order valence-electron chi connectivity index (χ4n) is 3.07. The molecule has 0 amide bonds. The minimum Gasteiger partial charge on any atom is -0.289 e. The molecule has 0 radical (unpaired) electrons. The lowest BCUT2D eigenvalue weighted by Crippen LogP contribution is -2.32. The molecule has 0 heterocycles. The number of sulfonamides is 1. The van der Waals surface area contributed by atoms with Crippen molar-refractivity contribution >= 4 is 15.8 Å². The van der Waals surface area contributed by atoms with Gasteiger partial charge in [0.15, 0.2) is 5.78 Å². The first-order valence-corrected chi connectivity index (χ1v) is 10.9. The Morgan fingerprint density at radius 3 is 2.06 bits per heavy atom. The van der Waals surface area contributed by atoms with Crippen molar-refractivity contribution in [1.82, 2.24) is 4.72 Å². The predicted octanol–water partition coefficient (Wildman–Crippen LogP) is 4.57. The predicted molar refractivity (Wildman–Crippen MR) is 120 cm³/mol. The van der Waals surface area contributed by atoms with Crippen molar-refractivity contribution in [1.29, 1.82) is 5.26 Å². The molecular formula is C25H20N2O3S. The van der Waals surface area contributed by atoms with Crippen molar-refractivity contribution in [2.24, 2.45) is 0 Å². The highest BCUT2D eigenvalue weighted by Crippen LogP contribution is 2.28. The van der Waals surface area contributed by atoms with Crippen LogP contribution in [0.3, 0.4) is 0 Å². The zero-order valence-corrected chi connectivity index (χ0v) is 17.4. The molecule has 3 aromatic carbocycles. The van der Waals surface area contributed by atoms with E-state index in [4.69, 9.17) is 5.26 Å². The van der Waals surface area contributed by atoms with Gasteiger partial charge in [0.25, 0.3) is 0 Å². The first kappa shape index (κ1) is 21.9. The Hall–Kier alpha value is -3.79. The van der Waals surface area contributed by atoms with Gasteiger partial charge in [0.2, 0.25) is 10.0 Å². The van der Waals surface area contributed by atoms with Crippen LogP contribution in [-0.2, 0) is 10.0 Å². The van der Waals surface area contributed by atoms with E-state index < -0.39 is 16.1 Å². The van der Waals surface area contributed by atoms with Crippen LogP contribution in [0.2, 0.25) is 0 Å². The van der Waals surface area contributed by atoms with Crippen molar-refractivity contribution < 1.29 is 13.2 Å². The first-order valence-electron chi connectivity index (χ1n) is 9.46. The van der Waals surface area contributed by atoms with Crippen molar-refractivity contribution in [3.8, 4) is 6.07 Å². The Balaban J connectivity index is 2.11. The first-order chi connectivity index (χ1) is 15.0. The third-order valence-corrected chi connectivity index (χ3v) is 6.04. The Labute approximate surface area is 182 Å². The van der Waals surface area contributed by atoms with Gasteiger partial charge < -0.3 is 0 Å². The fraction of sp³-hybridized carbons (Fsp3) is 0.0400. The van der Waals surface area contributed by atoms with Crippen LogP contribution in [0, 0.1) is 11.3 Å². The van der Waals surface area contributed by atoms with Crippen LogP contribution in [0.25, 0.3) is 0 Å². The number of nitrogens with one attached hydrogen (secondary N) is 1. The second kappa shape index (κ2) is 9.81. The minimum absolute atomic E-state index is 0.0822. The topological polar surface area (TPSA) is 87.0 Å². The molecule has 1 N–H and O–H groups in total. The smallest absolute Gasteiger partial charge is 0.241 e. The van der Waals surface area contributed by atoms with Gasteiger partial charge in [0.1, 0.15) is 0 Å². The molecule has 1 atom stereocenters. The lowest BCUT2D eigenvalue weighted by Gasteiger charge is -2.22. The fourth-order valence-corrected chi connectivity index (χ4v) is 4.30. The zero-order valence-electron chi connectivity index (χ0n) is 16.6. The average Bonchev–Trinajstić information content (AvgIpc) is 2.82. The van der Waals surface area contributed by atoms with Crippen LogP contribution in [0.15, 0.2) is 114 Å². The molecule has 0 aliphatic heterocycles. The summed E-state index contributed by atoms with van der Waals surface area (Å²) in [6.07, 6.45) is 2.95. The number of rotatable bonds is 8. The van der Waals surface area contributed by atoms with Crippen LogP contribution < -0.4 is 4.72 Å². The average molecular weight is 429 g/mol. The van der Waals surface area contributed by atoms with Gasteiger partial charge in [-0.05, 0) is 29.8 Å². The van der Waals surface area contributed by atoms with Crippen molar-refractivity contribution in [2.75, 3.05) is 0 Å². The molecule has 31 heavy (non-hydrogen) atoms. The number of allylic oxidation sites excluding steroid dienone is 2. The number of nitrogens with zero attached hydrogens (tertiary/aromatic N) is 1. The molecule has 0 aliphatic carbocycles. The van der Waals surface area contributed by atoms with Gasteiger partial charge in [-0.25, -0.2) is 8.42 Å². The molecule has 0 saturated carbocycles. The van der Waals surface area contributed by atoms with E-state index in [0.717, 1.165) is 0 Å². The third kappa shape index (κ3) is 5.23. The van der Waals surface area contributed by atoms with Crippen molar-refractivity contribution in [2.45, 2.75) is 10.9 Å². The maximum atomic E-state index is 13.3. The number of ketones is 1. The monoisotopic (exact) mass is 428 g/mol. The highest BCUT2D eigenvalue weighted by atomic mass is 32.2. The Kier molecular flexibility index (Phi) is 6.93. The maximum absolute atomic E-state index is 13.3. The molecule has 0 fully saturated rings. The molecule has 3 rings (SSSR count). The Morgan fingerprint density at radius 1 is 0.935 bits per heavy atom. The van der Waals surface area contributed by atoms with E-state index >= 15 is 0 Å². The van der Waals surface area contributed by atoms with E-state index in [2.05, 4.69) is 11.3 Å². The van der Waals surface area contributed by atoms with Gasteiger partial charge in [-0.2, -0.15) is 9.98 Å². The van der Waals surface area contributed by atoms with Crippen LogP contribution in [0.1, 0.15) is 27.5 Å². The summed E-state index contributed by atoms with van der Waals surface area (Å²) in [6.45, 7) is 3.69. The molecule has 3 aromatic rings. The summed E-state index contributed by atoms with van der Waals surface area (Å²) in [4.78, 5) is 13.4. The summed E-state index contributed by atoms with van der Waals surface area (Å²) in [7, 11) is -3.94. The van der Waals surface area contributed by atoms with Gasteiger partial charge in [-0.15, -0.1) is 0 Å². The number of Topliss-reactive ketones (excluding diaryl/α,β-unsaturated/α-hetero) is 1. The van der Waals surface area contributed by atoms with E-state index in [1.165, 1.54) is 24.3 Å². The summed E-state index contributed by atoms with van der Waals surface area (Å²) in [6, 6.07) is 24.0. The molecule has 0 saturated heterocycles. The quantitative estimate of drug-likeness (QED) is 0.323. The van der Waals surface area contributed by atoms with Crippen LogP contribution in [0.5, 0.6) is 0 Å². The van der Waals surface area contributed by atoms with E-state index in [1.807, 2.05) is 6.07 Å². The summed E-state index contributed by atoms with van der Waals surface area (Å²) in [5.74, 6) is -0.328. The van der Waals surface area contributed by atoms with Crippen molar-refractivity contribution in [3.05, 3.63) is 126 Å². The Morgan fingerprint density at radius 2 is 1.52 bits per heavy atom. The lowest BCUT2D eigenvalue weighted by atomic mass is 9.92. The number of benzene rings is 3. The molecule has 1 unspecified atom stereocenters. The van der Waals surface area contributed by atoms with E-state index in [0.29, 0.717) is 16.7 Å². The maximum Gasteiger partial charge on any atom is 0.241 e. The molecule has 0 aromatic heterocycles. The highest BCUT2D eigenvalue weighted by molar-refractivity contribution is 7.89. The Bertz CT molecular complexity index is 1240. The summed E-state index contributed by atoms with van der Waals surface area (Å²) >= 11 is 0. The molecule has 0 bridgehead atoms. The standard InChI is InChI=1S/C25H20N2O3S/c1-2-9-23(25(28)21-10-5-3-6-11-21)24(20-16-14-19(18-26)15-17-20)27-31(29,30)22-12-7-4-8-13-22/h2-17,24,27H,1H2/b23-9+. The van der Waals surface area contributed by atoms with Gasteiger partial charge >= 0.3 is 0 Å². The number of nitriles is 1. The largest absolute Gasteiger partial charge is 0.289 e. The molecule has 6 heteroatoms. The number of carbonyl (C=O) groups is 1. The van der Waals surface area contributed by atoms with Gasteiger partial charge in [-0.1, -0.05) is 79.4 Å². The van der Waals surface area contributed by atoms with Gasteiger partial charge in [0, 0.05) is 11.1 Å². The summed E-state index contributed by atoms with van der Waals surface area (Å²) < 4.78 is 28.8. The molecule has 0 aliphatic rings. The number of hydrogen-bond donors (Lipinski definition) is 1. The number of hydrogen-bond acceptors (Lipinski definition) is 4. The molecule has 0 spiro atoms. The van der Waals surface area contributed by atoms with Gasteiger partial charge in [0.05, 0.1) is 22.6 Å². The second-order valence-electron chi connectivity index (χ2n) is 6.65. The zero-order chi connectivity index (χ0) is 22.3. The van der Waals surface area contributed by atoms with E-state index in [9.17, 15) is 13.2 Å². The molecule has 154 valence electrons. The van der Waals surface area contributed by atoms with E-state index in [1.54, 1.807) is 72.8 Å². The lowest BCUT2D eigenvalue weighted by molar-refractivity contribution is 0.102. The third-order valence-electron chi connectivity index (χ3n) is 4.61. The highest BCUT2D eigenvalue weighted by Gasteiger charge is 2.28.